The topological polar surface area (TPSA) is 69.8 Å². The molecule has 20 heavy (non-hydrogen) atoms. The molecular formula is C13H29Cl2N3O2. The highest BCUT2D eigenvalue weighted by molar-refractivity contribution is 5.85. The Morgan fingerprint density at radius 3 is 2.40 bits per heavy atom. The van der Waals surface area contributed by atoms with Crippen LogP contribution in [-0.2, 0) is 4.79 Å². The van der Waals surface area contributed by atoms with Gasteiger partial charge in [-0.15, -0.1) is 24.8 Å². The Kier molecular flexibility index (Phi) is 11.8. The summed E-state index contributed by atoms with van der Waals surface area (Å²) in [5, 5.41) is 9.41. The minimum atomic E-state index is -0.312. The van der Waals surface area contributed by atoms with Gasteiger partial charge >= 0.3 is 0 Å². The van der Waals surface area contributed by atoms with E-state index in [0.29, 0.717) is 19.0 Å². The van der Waals surface area contributed by atoms with Gasteiger partial charge in [0.05, 0.1) is 6.10 Å². The maximum atomic E-state index is 12.0. The fourth-order valence-corrected chi connectivity index (χ4v) is 2.34. The Bertz CT molecular complexity index is 278. The van der Waals surface area contributed by atoms with Gasteiger partial charge in [-0.2, -0.15) is 0 Å². The van der Waals surface area contributed by atoms with Gasteiger partial charge in [0.2, 0.25) is 5.91 Å². The number of hydrogen-bond acceptors (Lipinski definition) is 4. The predicted octanol–water partition coefficient (Wildman–Crippen LogP) is 0.871. The van der Waals surface area contributed by atoms with Crippen molar-refractivity contribution >= 4 is 30.7 Å². The average Bonchev–Trinajstić information content (AvgIpc) is 2.28. The lowest BCUT2D eigenvalue weighted by molar-refractivity contribution is -0.134. The highest BCUT2D eigenvalue weighted by Gasteiger charge is 2.26. The Hall–Kier alpha value is -0.0700. The molecule has 0 saturated carbocycles. The van der Waals surface area contributed by atoms with Crippen LogP contribution in [0.2, 0.25) is 0 Å². The number of rotatable bonds is 5. The molecule has 0 aromatic heterocycles. The summed E-state index contributed by atoms with van der Waals surface area (Å²) in [5.41, 5.74) is 5.67. The van der Waals surface area contributed by atoms with Crippen molar-refractivity contribution in [2.75, 3.05) is 26.2 Å². The number of halogens is 2. The average molecular weight is 330 g/mol. The van der Waals surface area contributed by atoms with Gasteiger partial charge < -0.3 is 15.7 Å². The minimum absolute atomic E-state index is 0. The lowest BCUT2D eigenvalue weighted by Gasteiger charge is -2.40. The first-order valence-electron chi connectivity index (χ1n) is 6.85. The number of β-amino-alcohol motifs (C(OH)–C–C–N with tert-alkyl or cyclic N) is 1. The van der Waals surface area contributed by atoms with Crippen molar-refractivity contribution in [1.82, 2.24) is 9.80 Å². The van der Waals surface area contributed by atoms with E-state index in [1.165, 1.54) is 0 Å². The molecule has 0 radical (unpaired) electrons. The minimum Gasteiger partial charge on any atom is -0.392 e. The van der Waals surface area contributed by atoms with E-state index in [1.807, 2.05) is 11.8 Å². The van der Waals surface area contributed by atoms with Gasteiger partial charge in [0, 0.05) is 44.7 Å². The van der Waals surface area contributed by atoms with Gasteiger partial charge in [-0.05, 0) is 27.2 Å². The van der Waals surface area contributed by atoms with Gasteiger partial charge in [-0.25, -0.2) is 0 Å². The van der Waals surface area contributed by atoms with Crippen LogP contribution in [0, 0.1) is 0 Å². The number of aliphatic hydroxyl groups is 1. The lowest BCUT2D eigenvalue weighted by atomic mass is 10.1. The molecule has 122 valence electrons. The number of nitrogens with zero attached hydrogens (tertiary/aromatic N) is 2. The van der Waals surface area contributed by atoms with Crippen molar-refractivity contribution in [2.45, 2.75) is 51.8 Å². The molecule has 3 unspecified atom stereocenters. The van der Waals surface area contributed by atoms with Crippen LogP contribution >= 0.6 is 24.8 Å². The third-order valence-corrected chi connectivity index (χ3v) is 3.43. The summed E-state index contributed by atoms with van der Waals surface area (Å²) in [4.78, 5) is 16.1. The van der Waals surface area contributed by atoms with E-state index < -0.39 is 0 Å². The fraction of sp³-hybridized carbons (Fsp3) is 0.923. The number of carbonyl (C=O) groups excluding carboxylic acids is 1. The highest BCUT2D eigenvalue weighted by atomic mass is 35.5. The maximum absolute atomic E-state index is 12.0. The smallest absolute Gasteiger partial charge is 0.222 e. The molecule has 0 aromatic carbocycles. The zero-order valence-electron chi connectivity index (χ0n) is 12.6. The molecule has 7 heteroatoms. The molecule has 0 aromatic rings. The summed E-state index contributed by atoms with van der Waals surface area (Å²) >= 11 is 0. The van der Waals surface area contributed by atoms with E-state index >= 15 is 0 Å². The molecule has 1 aliphatic heterocycles. The van der Waals surface area contributed by atoms with E-state index in [4.69, 9.17) is 5.73 Å². The molecule has 0 spiro atoms. The summed E-state index contributed by atoms with van der Waals surface area (Å²) in [6, 6.07) is 0.399. The third kappa shape index (κ3) is 7.64. The predicted molar refractivity (Wildman–Crippen MR) is 86.7 cm³/mol. The Balaban J connectivity index is 0. The maximum Gasteiger partial charge on any atom is 0.222 e. The van der Waals surface area contributed by atoms with Gasteiger partial charge in [0.25, 0.3) is 0 Å². The first kappa shape index (κ1) is 22.2. The van der Waals surface area contributed by atoms with Crippen LogP contribution < -0.4 is 5.73 Å². The van der Waals surface area contributed by atoms with Crippen molar-refractivity contribution in [1.29, 1.82) is 0 Å². The molecule has 1 saturated heterocycles. The monoisotopic (exact) mass is 329 g/mol. The highest BCUT2D eigenvalue weighted by Crippen LogP contribution is 2.12. The number of nitrogens with two attached hydrogens (primary N) is 1. The zero-order chi connectivity index (χ0) is 13.7. The van der Waals surface area contributed by atoms with Crippen molar-refractivity contribution in [2.24, 2.45) is 5.73 Å². The first-order chi connectivity index (χ1) is 8.40. The van der Waals surface area contributed by atoms with Crippen molar-refractivity contribution in [3.8, 4) is 0 Å². The van der Waals surface area contributed by atoms with Gasteiger partial charge in [0.1, 0.15) is 0 Å². The Morgan fingerprint density at radius 2 is 1.95 bits per heavy atom. The summed E-state index contributed by atoms with van der Waals surface area (Å²) in [6.45, 7) is 8.87. The molecule has 1 heterocycles. The van der Waals surface area contributed by atoms with Crippen LogP contribution in [0.4, 0.5) is 0 Å². The Labute approximate surface area is 134 Å². The largest absolute Gasteiger partial charge is 0.392 e. The number of aliphatic hydroxyl groups excluding tert-OH is 1. The van der Waals surface area contributed by atoms with E-state index in [-0.39, 0.29) is 42.9 Å². The van der Waals surface area contributed by atoms with Crippen molar-refractivity contribution in [3.63, 3.8) is 0 Å². The van der Waals surface area contributed by atoms with Crippen LogP contribution in [0.15, 0.2) is 0 Å². The molecule has 1 fully saturated rings. The van der Waals surface area contributed by atoms with Gasteiger partial charge in [0.15, 0.2) is 0 Å². The second-order valence-corrected chi connectivity index (χ2v) is 5.55. The number of amides is 1. The summed E-state index contributed by atoms with van der Waals surface area (Å²) < 4.78 is 0. The zero-order valence-corrected chi connectivity index (χ0v) is 14.3. The second-order valence-electron chi connectivity index (χ2n) is 5.55. The molecule has 1 amide bonds. The normalized spacial score (nSPS) is 22.4. The molecule has 1 rings (SSSR count). The molecule has 0 bridgehead atoms. The van der Waals surface area contributed by atoms with Crippen LogP contribution in [0.3, 0.4) is 0 Å². The molecule has 1 aliphatic rings. The van der Waals surface area contributed by atoms with Crippen molar-refractivity contribution in [3.05, 3.63) is 0 Å². The fourth-order valence-electron chi connectivity index (χ4n) is 2.34. The number of carbonyl (C=O) groups is 1. The molecular weight excluding hydrogens is 301 g/mol. The SMILES string of the molecule is CC(N)CCC(=O)N1CCN(CC(C)O)C(C)C1.Cl.Cl. The van der Waals surface area contributed by atoms with E-state index in [1.54, 1.807) is 6.92 Å². The first-order valence-corrected chi connectivity index (χ1v) is 6.85. The number of hydrogen-bond donors (Lipinski definition) is 2. The third-order valence-electron chi connectivity index (χ3n) is 3.43. The van der Waals surface area contributed by atoms with E-state index in [2.05, 4.69) is 11.8 Å². The van der Waals surface area contributed by atoms with Gasteiger partial charge in [-0.3, -0.25) is 9.69 Å². The molecule has 3 atom stereocenters. The van der Waals surface area contributed by atoms with E-state index in [9.17, 15) is 9.90 Å². The number of piperazine rings is 1. The summed E-state index contributed by atoms with van der Waals surface area (Å²) in [5.74, 6) is 0.204. The van der Waals surface area contributed by atoms with Gasteiger partial charge in [-0.1, -0.05) is 0 Å². The van der Waals surface area contributed by atoms with Crippen LogP contribution in [0.5, 0.6) is 0 Å². The quantitative estimate of drug-likeness (QED) is 0.785. The van der Waals surface area contributed by atoms with Crippen LogP contribution in [0.25, 0.3) is 0 Å². The Morgan fingerprint density at radius 1 is 1.35 bits per heavy atom. The standard InChI is InChI=1S/C13H27N3O2.2ClH/c1-10(14)4-5-13(18)16-7-6-15(9-12(3)17)11(2)8-16;;/h10-12,17H,4-9,14H2,1-3H3;2*1H. The lowest BCUT2D eigenvalue weighted by Crippen LogP contribution is -2.55. The van der Waals surface area contributed by atoms with Crippen LogP contribution in [-0.4, -0.2) is 65.2 Å². The van der Waals surface area contributed by atoms with Crippen LogP contribution in [0.1, 0.15) is 33.6 Å². The molecule has 5 nitrogen and oxygen atoms in total. The van der Waals surface area contributed by atoms with E-state index in [0.717, 1.165) is 26.1 Å². The second kappa shape index (κ2) is 10.6. The molecule has 3 N–H and O–H groups in total. The van der Waals surface area contributed by atoms with Crippen molar-refractivity contribution < 1.29 is 9.90 Å². The summed E-state index contributed by atoms with van der Waals surface area (Å²) in [7, 11) is 0. The molecule has 0 aliphatic carbocycles. The summed E-state index contributed by atoms with van der Waals surface area (Å²) in [6.07, 6.45) is 0.981.